The Bertz CT molecular complexity index is 602. The summed E-state index contributed by atoms with van der Waals surface area (Å²) < 4.78 is -0.596. The van der Waals surface area contributed by atoms with Crippen LogP contribution in [0.15, 0.2) is 47.0 Å². The summed E-state index contributed by atoms with van der Waals surface area (Å²) in [6.07, 6.45) is 1.61. The number of nitrogens with zero attached hydrogens (tertiary/aromatic N) is 1. The van der Waals surface area contributed by atoms with Crippen LogP contribution in [0.1, 0.15) is 6.92 Å². The van der Waals surface area contributed by atoms with E-state index in [0.717, 1.165) is 4.90 Å². The molecule has 20 heavy (non-hydrogen) atoms. The van der Waals surface area contributed by atoms with E-state index in [0.29, 0.717) is 5.75 Å². The van der Waals surface area contributed by atoms with Gasteiger partial charge in [0.05, 0.1) is 0 Å². The first kappa shape index (κ1) is 13.6. The lowest BCUT2D eigenvalue weighted by Crippen LogP contribution is -2.70. The molecule has 0 aliphatic carbocycles. The number of carbonyl (C=O) groups is 2. The van der Waals surface area contributed by atoms with Crippen molar-refractivity contribution in [3.8, 4) is 0 Å². The van der Waals surface area contributed by atoms with Gasteiger partial charge in [0.15, 0.2) is 0 Å². The largest absolute Gasteiger partial charge is 0.477 e. The molecule has 0 radical (unpaired) electrons. The fourth-order valence-electron chi connectivity index (χ4n) is 2.44. The third kappa shape index (κ3) is 1.94. The second kappa shape index (κ2) is 4.86. The van der Waals surface area contributed by atoms with E-state index in [9.17, 15) is 9.59 Å². The van der Waals surface area contributed by atoms with Crippen LogP contribution in [0, 0.1) is 0 Å². The number of hydrogen-bond acceptors (Lipinski definition) is 4. The standard InChI is InChI=1S/C14H13NO3S2/c1-14(20-9-5-3-2-4-6-9)12(18)15-10(11(16)17)7-8-19-13(14)15/h2-7,13H,8H2,1H3,(H,16,17)/t13-,14?/m0/s1. The van der Waals surface area contributed by atoms with Gasteiger partial charge in [0.2, 0.25) is 5.91 Å². The number of amides is 1. The zero-order valence-electron chi connectivity index (χ0n) is 10.8. The molecular weight excluding hydrogens is 294 g/mol. The molecule has 3 rings (SSSR count). The van der Waals surface area contributed by atoms with Crippen molar-refractivity contribution in [2.24, 2.45) is 0 Å². The normalized spacial score (nSPS) is 28.4. The number of carboxylic acids is 1. The Balaban J connectivity index is 1.86. The van der Waals surface area contributed by atoms with Crippen LogP contribution < -0.4 is 0 Å². The van der Waals surface area contributed by atoms with Crippen molar-refractivity contribution in [1.29, 1.82) is 0 Å². The molecule has 6 heteroatoms. The van der Waals surface area contributed by atoms with Crippen LogP contribution in [-0.2, 0) is 9.59 Å². The molecule has 2 heterocycles. The number of carboxylic acid groups (broad SMARTS) is 1. The zero-order chi connectivity index (χ0) is 14.3. The average Bonchev–Trinajstić information content (AvgIpc) is 2.47. The molecule has 4 nitrogen and oxygen atoms in total. The first-order chi connectivity index (χ1) is 9.54. The molecular formula is C14H13NO3S2. The van der Waals surface area contributed by atoms with Gasteiger partial charge in [-0.25, -0.2) is 4.79 Å². The van der Waals surface area contributed by atoms with Crippen LogP contribution in [0.2, 0.25) is 0 Å². The van der Waals surface area contributed by atoms with Crippen molar-refractivity contribution in [2.45, 2.75) is 21.9 Å². The SMILES string of the molecule is CC1(Sc2ccccc2)C(=O)N2C(C(=O)O)=CCS[C@H]21. The molecule has 0 bridgehead atoms. The van der Waals surface area contributed by atoms with E-state index in [-0.39, 0.29) is 17.0 Å². The lowest BCUT2D eigenvalue weighted by atomic mass is 9.98. The van der Waals surface area contributed by atoms with Gasteiger partial charge in [-0.1, -0.05) is 18.2 Å². The molecule has 1 amide bonds. The lowest BCUT2D eigenvalue weighted by molar-refractivity contribution is -0.148. The summed E-state index contributed by atoms with van der Waals surface area (Å²) in [4.78, 5) is 26.0. The molecule has 2 atom stereocenters. The highest BCUT2D eigenvalue weighted by Crippen LogP contribution is 2.53. The van der Waals surface area contributed by atoms with Gasteiger partial charge < -0.3 is 5.11 Å². The summed E-state index contributed by atoms with van der Waals surface area (Å²) in [7, 11) is 0. The van der Waals surface area contributed by atoms with Gasteiger partial charge in [0.25, 0.3) is 0 Å². The third-order valence-corrected chi connectivity index (χ3v) is 6.27. The number of benzene rings is 1. The molecule has 104 valence electrons. The zero-order valence-corrected chi connectivity index (χ0v) is 12.4. The highest BCUT2D eigenvalue weighted by molar-refractivity contribution is 8.05. The van der Waals surface area contributed by atoms with Gasteiger partial charge in [0, 0.05) is 10.6 Å². The number of fused-ring (bicyclic) bond motifs is 1. The Kier molecular flexibility index (Phi) is 3.30. The highest BCUT2D eigenvalue weighted by atomic mass is 32.2. The Hall–Kier alpha value is -1.40. The quantitative estimate of drug-likeness (QED) is 0.869. The van der Waals surface area contributed by atoms with Gasteiger partial charge in [-0.15, -0.1) is 23.5 Å². The number of thioether (sulfide) groups is 2. The minimum Gasteiger partial charge on any atom is -0.477 e. The van der Waals surface area contributed by atoms with Crippen LogP contribution in [0.5, 0.6) is 0 Å². The van der Waals surface area contributed by atoms with Crippen LogP contribution in [0.4, 0.5) is 0 Å². The molecule has 1 aromatic rings. The summed E-state index contributed by atoms with van der Waals surface area (Å²) >= 11 is 3.12. The highest BCUT2D eigenvalue weighted by Gasteiger charge is 2.61. The van der Waals surface area contributed by atoms with Crippen molar-refractivity contribution in [3.63, 3.8) is 0 Å². The molecule has 0 saturated carbocycles. The summed E-state index contributed by atoms with van der Waals surface area (Å²) in [6.45, 7) is 1.89. The van der Waals surface area contributed by atoms with Crippen molar-refractivity contribution in [3.05, 3.63) is 42.1 Å². The van der Waals surface area contributed by atoms with Gasteiger partial charge in [0.1, 0.15) is 15.8 Å². The Labute approximate surface area is 125 Å². The van der Waals surface area contributed by atoms with Crippen molar-refractivity contribution in [1.82, 2.24) is 4.90 Å². The molecule has 2 aliphatic heterocycles. The van der Waals surface area contributed by atoms with E-state index < -0.39 is 10.7 Å². The summed E-state index contributed by atoms with van der Waals surface area (Å²) in [5.41, 5.74) is 0.116. The number of hydrogen-bond donors (Lipinski definition) is 1. The fourth-order valence-corrected chi connectivity index (χ4v) is 5.17. The molecule has 1 N–H and O–H groups in total. The Morgan fingerprint density at radius 1 is 1.45 bits per heavy atom. The van der Waals surface area contributed by atoms with Gasteiger partial charge in [-0.05, 0) is 25.1 Å². The van der Waals surface area contributed by atoms with E-state index in [1.54, 1.807) is 17.8 Å². The maximum atomic E-state index is 12.4. The second-order valence-electron chi connectivity index (χ2n) is 4.78. The first-order valence-corrected chi connectivity index (χ1v) is 8.03. The molecule has 2 aliphatic rings. The summed E-state index contributed by atoms with van der Waals surface area (Å²) in [5, 5.41) is 9.05. The van der Waals surface area contributed by atoms with Crippen LogP contribution >= 0.6 is 23.5 Å². The van der Waals surface area contributed by atoms with Crippen LogP contribution in [0.3, 0.4) is 0 Å². The predicted molar refractivity (Wildman–Crippen MR) is 79.5 cm³/mol. The molecule has 0 aromatic heterocycles. The van der Waals surface area contributed by atoms with Crippen LogP contribution in [0.25, 0.3) is 0 Å². The molecule has 1 fully saturated rings. The maximum absolute atomic E-state index is 12.4. The monoisotopic (exact) mass is 307 g/mol. The molecule has 0 spiro atoms. The number of β-lactam (4-membered cyclic amide) rings is 1. The Morgan fingerprint density at radius 3 is 2.80 bits per heavy atom. The van der Waals surface area contributed by atoms with Gasteiger partial charge >= 0.3 is 5.97 Å². The predicted octanol–water partition coefficient (Wildman–Crippen LogP) is 2.42. The number of aliphatic carboxylic acids is 1. The average molecular weight is 307 g/mol. The van der Waals surface area contributed by atoms with Crippen molar-refractivity contribution < 1.29 is 14.7 Å². The lowest BCUT2D eigenvalue weighted by Gasteiger charge is -2.54. The van der Waals surface area contributed by atoms with Gasteiger partial charge in [-0.3, -0.25) is 9.69 Å². The molecule has 1 unspecified atom stereocenters. The van der Waals surface area contributed by atoms with Crippen molar-refractivity contribution in [2.75, 3.05) is 5.75 Å². The van der Waals surface area contributed by atoms with E-state index >= 15 is 0 Å². The molecule has 1 saturated heterocycles. The summed E-state index contributed by atoms with van der Waals surface area (Å²) in [6, 6.07) is 9.73. The topological polar surface area (TPSA) is 57.6 Å². The fraction of sp³-hybridized carbons (Fsp3) is 0.286. The maximum Gasteiger partial charge on any atom is 0.352 e. The van der Waals surface area contributed by atoms with E-state index in [1.807, 2.05) is 37.3 Å². The first-order valence-electron chi connectivity index (χ1n) is 6.17. The third-order valence-electron chi connectivity index (χ3n) is 3.43. The van der Waals surface area contributed by atoms with Gasteiger partial charge in [-0.2, -0.15) is 0 Å². The Morgan fingerprint density at radius 2 is 2.15 bits per heavy atom. The molecule has 1 aromatic carbocycles. The smallest absolute Gasteiger partial charge is 0.352 e. The second-order valence-corrected chi connectivity index (χ2v) is 7.41. The van der Waals surface area contributed by atoms with Crippen LogP contribution in [-0.4, -0.2) is 37.8 Å². The number of carbonyl (C=O) groups excluding carboxylic acids is 1. The number of rotatable bonds is 3. The van der Waals surface area contributed by atoms with E-state index in [2.05, 4.69) is 0 Å². The minimum atomic E-state index is -1.03. The van der Waals surface area contributed by atoms with E-state index in [4.69, 9.17) is 5.11 Å². The summed E-state index contributed by atoms with van der Waals surface area (Å²) in [5.74, 6) is -0.534. The van der Waals surface area contributed by atoms with Crippen molar-refractivity contribution >= 4 is 35.4 Å². The van der Waals surface area contributed by atoms with E-state index in [1.165, 1.54) is 16.7 Å². The minimum absolute atomic E-state index is 0.115.